The van der Waals surface area contributed by atoms with E-state index in [0.717, 1.165) is 6.42 Å². The zero-order valence-electron chi connectivity index (χ0n) is 10.6. The molecule has 0 amide bonds. The van der Waals surface area contributed by atoms with E-state index in [0.29, 0.717) is 5.56 Å². The molecule has 2 heteroatoms. The second-order valence-electron chi connectivity index (χ2n) is 4.18. The predicted octanol–water partition coefficient (Wildman–Crippen LogP) is 4.58. The van der Waals surface area contributed by atoms with Gasteiger partial charge in [-0.3, -0.25) is 0 Å². The van der Waals surface area contributed by atoms with E-state index >= 15 is 0 Å². The van der Waals surface area contributed by atoms with E-state index < -0.39 is 0 Å². The number of nitriles is 1. The molecule has 2 aromatic carbocycles. The van der Waals surface area contributed by atoms with Gasteiger partial charge in [0.2, 0.25) is 0 Å². The lowest BCUT2D eigenvalue weighted by molar-refractivity contribution is 1.09. The van der Waals surface area contributed by atoms with Crippen LogP contribution in [0.2, 0.25) is 0 Å². The maximum absolute atomic E-state index is 8.76. The minimum Gasteiger partial charge on any atom is -0.192 e. The zero-order chi connectivity index (χ0) is 13.0. The van der Waals surface area contributed by atoms with Gasteiger partial charge in [-0.2, -0.15) is 5.26 Å². The molecule has 0 unspecified atom stereocenters. The fourth-order valence-electron chi connectivity index (χ4n) is 1.83. The lowest BCUT2D eigenvalue weighted by atomic mass is 10.1. The van der Waals surface area contributed by atoms with Gasteiger partial charge in [0.25, 0.3) is 0 Å². The highest BCUT2D eigenvalue weighted by atomic mass is 32.2. The molecule has 0 bridgehead atoms. The Hall–Kier alpha value is -1.72. The molecule has 0 aliphatic carbocycles. The topological polar surface area (TPSA) is 23.8 Å². The van der Waals surface area contributed by atoms with Gasteiger partial charge in [0.15, 0.2) is 0 Å². The third kappa shape index (κ3) is 2.94. The fraction of sp³-hybridized carbons (Fsp3) is 0.188. The minimum atomic E-state index is 0.706. The summed E-state index contributed by atoms with van der Waals surface area (Å²) in [5.41, 5.74) is 3.45. The van der Waals surface area contributed by atoms with Crippen molar-refractivity contribution in [2.75, 3.05) is 0 Å². The number of rotatable bonds is 3. The van der Waals surface area contributed by atoms with Gasteiger partial charge in [-0.15, -0.1) is 0 Å². The van der Waals surface area contributed by atoms with Crippen LogP contribution >= 0.6 is 11.8 Å². The molecule has 0 aliphatic heterocycles. The predicted molar refractivity (Wildman–Crippen MR) is 75.8 cm³/mol. The summed E-state index contributed by atoms with van der Waals surface area (Å²) in [4.78, 5) is 2.42. The van der Waals surface area contributed by atoms with Crippen LogP contribution in [-0.2, 0) is 6.42 Å². The smallest absolute Gasteiger partial charge is 0.0991 e. The van der Waals surface area contributed by atoms with Crippen LogP contribution in [0.25, 0.3) is 0 Å². The highest BCUT2D eigenvalue weighted by Gasteiger charge is 2.01. The minimum absolute atomic E-state index is 0.706. The number of aryl methyl sites for hydroxylation is 2. The van der Waals surface area contributed by atoms with Gasteiger partial charge in [0.1, 0.15) is 0 Å². The van der Waals surface area contributed by atoms with Crippen molar-refractivity contribution in [3.05, 3.63) is 59.2 Å². The van der Waals surface area contributed by atoms with Crippen molar-refractivity contribution in [3.8, 4) is 6.07 Å². The van der Waals surface area contributed by atoms with Crippen molar-refractivity contribution in [1.82, 2.24) is 0 Å². The van der Waals surface area contributed by atoms with Gasteiger partial charge in [0, 0.05) is 9.79 Å². The summed E-state index contributed by atoms with van der Waals surface area (Å²) < 4.78 is 0. The summed E-state index contributed by atoms with van der Waals surface area (Å²) >= 11 is 1.74. The highest BCUT2D eigenvalue weighted by Crippen LogP contribution is 2.29. The highest BCUT2D eigenvalue weighted by molar-refractivity contribution is 7.99. The van der Waals surface area contributed by atoms with Crippen LogP contribution < -0.4 is 0 Å². The van der Waals surface area contributed by atoms with E-state index in [-0.39, 0.29) is 0 Å². The van der Waals surface area contributed by atoms with E-state index in [4.69, 9.17) is 5.26 Å². The Kier molecular flexibility index (Phi) is 4.07. The molecule has 0 saturated heterocycles. The molecule has 0 atom stereocenters. The van der Waals surface area contributed by atoms with Crippen LogP contribution in [0, 0.1) is 18.3 Å². The lowest BCUT2D eigenvalue weighted by Gasteiger charge is -2.07. The summed E-state index contributed by atoms with van der Waals surface area (Å²) in [6, 6.07) is 16.4. The monoisotopic (exact) mass is 253 g/mol. The molecule has 18 heavy (non-hydrogen) atoms. The maximum Gasteiger partial charge on any atom is 0.0991 e. The average Bonchev–Trinajstić information content (AvgIpc) is 2.42. The number of hydrogen-bond donors (Lipinski definition) is 0. The molecule has 2 aromatic rings. The van der Waals surface area contributed by atoms with Crippen LogP contribution in [0.3, 0.4) is 0 Å². The Morgan fingerprint density at radius 2 is 1.72 bits per heavy atom. The molecule has 0 heterocycles. The molecule has 0 saturated carbocycles. The van der Waals surface area contributed by atoms with Crippen molar-refractivity contribution >= 4 is 11.8 Å². The maximum atomic E-state index is 8.76. The van der Waals surface area contributed by atoms with Gasteiger partial charge in [-0.05, 0) is 60.9 Å². The summed E-state index contributed by atoms with van der Waals surface area (Å²) in [6.07, 6.45) is 1.06. The quantitative estimate of drug-likeness (QED) is 0.799. The van der Waals surface area contributed by atoms with Crippen molar-refractivity contribution < 1.29 is 0 Å². The second kappa shape index (κ2) is 5.75. The van der Waals surface area contributed by atoms with Gasteiger partial charge in [0.05, 0.1) is 11.6 Å². The van der Waals surface area contributed by atoms with Gasteiger partial charge < -0.3 is 0 Å². The molecule has 90 valence electrons. The average molecular weight is 253 g/mol. The van der Waals surface area contributed by atoms with Crippen molar-refractivity contribution in [2.45, 2.75) is 30.1 Å². The molecule has 0 spiro atoms. The molecule has 0 aromatic heterocycles. The van der Waals surface area contributed by atoms with Gasteiger partial charge in [-0.1, -0.05) is 24.8 Å². The van der Waals surface area contributed by atoms with E-state index in [1.807, 2.05) is 24.3 Å². The lowest BCUT2D eigenvalue weighted by Crippen LogP contribution is -1.86. The molecule has 1 nitrogen and oxygen atoms in total. The van der Waals surface area contributed by atoms with Crippen molar-refractivity contribution in [2.24, 2.45) is 0 Å². The molecule has 0 radical (unpaired) electrons. The first-order valence-electron chi connectivity index (χ1n) is 6.00. The molecule has 0 N–H and O–H groups in total. The van der Waals surface area contributed by atoms with Crippen LogP contribution in [0.4, 0.5) is 0 Å². The zero-order valence-corrected chi connectivity index (χ0v) is 11.4. The SMILES string of the molecule is CCc1cc(Sc2ccc(C#N)cc2)ccc1C. The van der Waals surface area contributed by atoms with Crippen molar-refractivity contribution in [1.29, 1.82) is 5.26 Å². The largest absolute Gasteiger partial charge is 0.192 e. The van der Waals surface area contributed by atoms with E-state index in [2.05, 4.69) is 38.1 Å². The summed E-state index contributed by atoms with van der Waals surface area (Å²) in [7, 11) is 0. The second-order valence-corrected chi connectivity index (χ2v) is 5.33. The number of benzene rings is 2. The first-order valence-corrected chi connectivity index (χ1v) is 6.82. The fourth-order valence-corrected chi connectivity index (χ4v) is 2.71. The van der Waals surface area contributed by atoms with Crippen LogP contribution in [0.1, 0.15) is 23.6 Å². The number of hydrogen-bond acceptors (Lipinski definition) is 2. The molecule has 0 aliphatic rings. The summed E-state index contributed by atoms with van der Waals surface area (Å²) in [5, 5.41) is 8.76. The first-order chi connectivity index (χ1) is 8.72. The Labute approximate surface area is 112 Å². The summed E-state index contributed by atoms with van der Waals surface area (Å²) in [5.74, 6) is 0. The van der Waals surface area contributed by atoms with Gasteiger partial charge in [-0.25, -0.2) is 0 Å². The van der Waals surface area contributed by atoms with Crippen LogP contribution in [-0.4, -0.2) is 0 Å². The van der Waals surface area contributed by atoms with Crippen LogP contribution in [0.5, 0.6) is 0 Å². The Balaban J connectivity index is 2.20. The summed E-state index contributed by atoms with van der Waals surface area (Å²) in [6.45, 7) is 4.33. The standard InChI is InChI=1S/C16H15NS/c1-3-14-10-16(7-4-12(14)2)18-15-8-5-13(11-17)6-9-15/h4-10H,3H2,1-2H3. The van der Waals surface area contributed by atoms with Crippen LogP contribution in [0.15, 0.2) is 52.3 Å². The van der Waals surface area contributed by atoms with E-state index in [1.54, 1.807) is 11.8 Å². The normalized spacial score (nSPS) is 10.1. The molecule has 2 rings (SSSR count). The van der Waals surface area contributed by atoms with E-state index in [1.165, 1.54) is 20.9 Å². The Bertz CT molecular complexity index is 579. The number of nitrogens with zero attached hydrogens (tertiary/aromatic N) is 1. The molecular formula is C16H15NS. The Morgan fingerprint density at radius 3 is 2.33 bits per heavy atom. The van der Waals surface area contributed by atoms with Gasteiger partial charge >= 0.3 is 0 Å². The molecular weight excluding hydrogens is 238 g/mol. The first kappa shape index (κ1) is 12.7. The molecule has 0 fully saturated rings. The van der Waals surface area contributed by atoms with Crippen molar-refractivity contribution in [3.63, 3.8) is 0 Å². The van der Waals surface area contributed by atoms with E-state index in [9.17, 15) is 0 Å². The Morgan fingerprint density at radius 1 is 1.06 bits per heavy atom. The third-order valence-electron chi connectivity index (χ3n) is 2.92. The third-order valence-corrected chi connectivity index (χ3v) is 3.92.